The molecule has 0 aliphatic carbocycles. The molecule has 1 amide bonds. The normalized spacial score (nSPS) is 18.9. The fourth-order valence-electron chi connectivity index (χ4n) is 2.01. The molecule has 1 aliphatic rings. The number of anilines is 1. The molecule has 0 radical (unpaired) electrons. The van der Waals surface area contributed by atoms with E-state index >= 15 is 0 Å². The molecule has 1 aromatic rings. The highest BCUT2D eigenvalue weighted by Crippen LogP contribution is 2.27. The second-order valence-corrected chi connectivity index (χ2v) is 4.59. The first-order chi connectivity index (χ1) is 8.61. The summed E-state index contributed by atoms with van der Waals surface area (Å²) in [5, 5.41) is 0. The first kappa shape index (κ1) is 12.7. The maximum atomic E-state index is 11.6. The summed E-state index contributed by atoms with van der Waals surface area (Å²) in [4.78, 5) is 15.2. The van der Waals surface area contributed by atoms with Crippen molar-refractivity contribution in [2.24, 2.45) is 5.73 Å². The van der Waals surface area contributed by atoms with Crippen LogP contribution in [0.1, 0.15) is 11.7 Å². The Morgan fingerprint density at radius 2 is 2.06 bits per heavy atom. The van der Waals surface area contributed by atoms with Crippen molar-refractivity contribution in [3.63, 3.8) is 0 Å². The first-order valence-corrected chi connectivity index (χ1v) is 6.04. The van der Waals surface area contributed by atoms with Gasteiger partial charge in [0.2, 0.25) is 0 Å². The summed E-state index contributed by atoms with van der Waals surface area (Å²) in [7, 11) is 3.99. The summed E-state index contributed by atoms with van der Waals surface area (Å²) < 4.78 is 5.33. The van der Waals surface area contributed by atoms with E-state index in [2.05, 4.69) is 0 Å². The van der Waals surface area contributed by atoms with Crippen LogP contribution < -0.4 is 10.6 Å². The predicted octanol–water partition coefficient (Wildman–Crippen LogP) is 1.20. The molecule has 2 rings (SSSR count). The van der Waals surface area contributed by atoms with Crippen molar-refractivity contribution < 1.29 is 9.53 Å². The number of carbonyl (C=O) groups excluding carboxylic acids is 1. The molecule has 1 fully saturated rings. The van der Waals surface area contributed by atoms with Crippen molar-refractivity contribution in [2.75, 3.05) is 38.6 Å². The third-order valence-corrected chi connectivity index (χ3v) is 3.07. The maximum Gasteiger partial charge on any atom is 0.410 e. The fraction of sp³-hybridized carbons (Fsp3) is 0.462. The average molecular weight is 249 g/mol. The van der Waals surface area contributed by atoms with Crippen LogP contribution in [0.5, 0.6) is 0 Å². The molecule has 1 heterocycles. The Morgan fingerprint density at radius 1 is 1.39 bits per heavy atom. The molecular weight excluding hydrogens is 230 g/mol. The topological polar surface area (TPSA) is 58.8 Å². The number of hydrogen-bond acceptors (Lipinski definition) is 4. The highest BCUT2D eigenvalue weighted by molar-refractivity contribution is 5.70. The van der Waals surface area contributed by atoms with E-state index in [1.165, 1.54) is 0 Å². The van der Waals surface area contributed by atoms with E-state index in [4.69, 9.17) is 10.5 Å². The van der Waals surface area contributed by atoms with Gasteiger partial charge in [-0.3, -0.25) is 0 Å². The monoisotopic (exact) mass is 249 g/mol. The van der Waals surface area contributed by atoms with Crippen LogP contribution in [-0.2, 0) is 4.74 Å². The fourth-order valence-corrected chi connectivity index (χ4v) is 2.01. The lowest BCUT2D eigenvalue weighted by molar-refractivity contribution is 0.133. The highest BCUT2D eigenvalue weighted by Gasteiger charge is 2.31. The third-order valence-electron chi connectivity index (χ3n) is 3.07. The molecule has 0 spiro atoms. The number of ether oxygens (including phenoxy) is 1. The Kier molecular flexibility index (Phi) is 3.72. The summed E-state index contributed by atoms with van der Waals surface area (Å²) in [5.74, 6) is 0. The van der Waals surface area contributed by atoms with Crippen LogP contribution in [0.3, 0.4) is 0 Å². The van der Waals surface area contributed by atoms with Gasteiger partial charge in [-0.05, 0) is 17.7 Å². The molecular formula is C13H19N3O2. The van der Waals surface area contributed by atoms with E-state index in [9.17, 15) is 4.79 Å². The van der Waals surface area contributed by atoms with Gasteiger partial charge >= 0.3 is 6.09 Å². The summed E-state index contributed by atoms with van der Waals surface area (Å²) in [6, 6.07) is 8.04. The van der Waals surface area contributed by atoms with Crippen LogP contribution in [0.2, 0.25) is 0 Å². The zero-order chi connectivity index (χ0) is 13.1. The molecule has 1 aliphatic heterocycles. The molecule has 2 N–H and O–H groups in total. The van der Waals surface area contributed by atoms with Crippen LogP contribution in [0, 0.1) is 0 Å². The van der Waals surface area contributed by atoms with Crippen LogP contribution in [0.15, 0.2) is 24.3 Å². The van der Waals surface area contributed by atoms with Crippen molar-refractivity contribution in [3.05, 3.63) is 29.8 Å². The van der Waals surface area contributed by atoms with Crippen molar-refractivity contribution in [3.8, 4) is 0 Å². The largest absolute Gasteiger partial charge is 0.439 e. The van der Waals surface area contributed by atoms with Crippen molar-refractivity contribution in [1.29, 1.82) is 0 Å². The van der Waals surface area contributed by atoms with Gasteiger partial charge in [-0.2, -0.15) is 0 Å². The third kappa shape index (κ3) is 2.56. The Morgan fingerprint density at radius 3 is 2.61 bits per heavy atom. The number of nitrogens with two attached hydrogens (primary N) is 1. The molecule has 5 nitrogen and oxygen atoms in total. The SMILES string of the molecule is CN(C)c1ccc(C2CN(CCN)C(=O)O2)cc1. The lowest BCUT2D eigenvalue weighted by atomic mass is 10.1. The van der Waals surface area contributed by atoms with Gasteiger partial charge in [-0.15, -0.1) is 0 Å². The number of benzene rings is 1. The van der Waals surface area contributed by atoms with Crippen molar-refractivity contribution in [2.45, 2.75) is 6.10 Å². The zero-order valence-corrected chi connectivity index (χ0v) is 10.8. The lowest BCUT2D eigenvalue weighted by Crippen LogP contribution is -2.30. The first-order valence-electron chi connectivity index (χ1n) is 6.04. The average Bonchev–Trinajstić information content (AvgIpc) is 2.72. The Labute approximate surface area is 107 Å². The molecule has 18 heavy (non-hydrogen) atoms. The second kappa shape index (κ2) is 5.27. The number of rotatable bonds is 4. The second-order valence-electron chi connectivity index (χ2n) is 4.59. The summed E-state index contributed by atoms with van der Waals surface area (Å²) in [6.07, 6.45) is -0.456. The smallest absolute Gasteiger partial charge is 0.410 e. The molecule has 0 aromatic heterocycles. The van der Waals surface area contributed by atoms with Gasteiger partial charge in [0.1, 0.15) is 6.10 Å². The van der Waals surface area contributed by atoms with Crippen molar-refractivity contribution >= 4 is 11.8 Å². The number of hydrogen-bond donors (Lipinski definition) is 1. The van der Waals surface area contributed by atoms with Crippen LogP contribution >= 0.6 is 0 Å². The van der Waals surface area contributed by atoms with Crippen LogP contribution in [-0.4, -0.2) is 44.7 Å². The predicted molar refractivity (Wildman–Crippen MR) is 70.6 cm³/mol. The van der Waals surface area contributed by atoms with Crippen LogP contribution in [0.4, 0.5) is 10.5 Å². The quantitative estimate of drug-likeness (QED) is 0.871. The number of cyclic esters (lactones) is 1. The maximum absolute atomic E-state index is 11.6. The van der Waals surface area contributed by atoms with Gasteiger partial charge in [0.25, 0.3) is 0 Å². The van der Waals surface area contributed by atoms with E-state index < -0.39 is 0 Å². The van der Waals surface area contributed by atoms with Gasteiger partial charge in [0.05, 0.1) is 6.54 Å². The zero-order valence-electron chi connectivity index (χ0n) is 10.8. The van der Waals surface area contributed by atoms with E-state index in [-0.39, 0.29) is 12.2 Å². The number of nitrogens with zero attached hydrogens (tertiary/aromatic N) is 2. The summed E-state index contributed by atoms with van der Waals surface area (Å²) >= 11 is 0. The molecule has 0 saturated carbocycles. The molecule has 1 atom stereocenters. The molecule has 5 heteroatoms. The summed E-state index contributed by atoms with van der Waals surface area (Å²) in [5.41, 5.74) is 7.60. The van der Waals surface area contributed by atoms with Gasteiger partial charge in [-0.25, -0.2) is 4.79 Å². The van der Waals surface area contributed by atoms with Crippen molar-refractivity contribution in [1.82, 2.24) is 4.90 Å². The summed E-state index contributed by atoms with van der Waals surface area (Å²) in [6.45, 7) is 1.59. The molecule has 1 saturated heterocycles. The van der Waals surface area contributed by atoms with E-state index in [1.54, 1.807) is 4.90 Å². The van der Waals surface area contributed by atoms with Gasteiger partial charge in [0.15, 0.2) is 0 Å². The Balaban J connectivity index is 2.07. The number of amides is 1. The minimum atomic E-state index is -0.276. The van der Waals surface area contributed by atoms with Gasteiger partial charge in [0, 0.05) is 32.9 Å². The highest BCUT2D eigenvalue weighted by atomic mass is 16.6. The Hall–Kier alpha value is -1.75. The van der Waals surface area contributed by atoms with E-state index in [1.807, 2.05) is 43.3 Å². The number of carbonyl (C=O) groups is 1. The Bertz CT molecular complexity index is 417. The molecule has 1 aromatic carbocycles. The molecule has 98 valence electrons. The minimum absolute atomic E-state index is 0.180. The van der Waals surface area contributed by atoms with Gasteiger partial charge in [-0.1, -0.05) is 12.1 Å². The van der Waals surface area contributed by atoms with E-state index in [0.717, 1.165) is 11.3 Å². The molecule has 0 bridgehead atoms. The lowest BCUT2D eigenvalue weighted by Gasteiger charge is -2.14. The van der Waals surface area contributed by atoms with E-state index in [0.29, 0.717) is 19.6 Å². The van der Waals surface area contributed by atoms with Crippen LogP contribution in [0.25, 0.3) is 0 Å². The molecule has 1 unspecified atom stereocenters. The van der Waals surface area contributed by atoms with Gasteiger partial charge < -0.3 is 20.3 Å². The standard InChI is InChI=1S/C13H19N3O2/c1-15(2)11-5-3-10(4-6-11)12-9-16(8-7-14)13(17)18-12/h3-6,12H,7-9,14H2,1-2H3. The minimum Gasteiger partial charge on any atom is -0.439 e.